The maximum Gasteiger partial charge on any atom is 0.225 e. The molecule has 0 fully saturated rings. The first-order valence-corrected chi connectivity index (χ1v) is 6.40. The van der Waals surface area contributed by atoms with Crippen LogP contribution >= 0.6 is 0 Å². The summed E-state index contributed by atoms with van der Waals surface area (Å²) in [5.74, 6) is 1.58. The summed E-state index contributed by atoms with van der Waals surface area (Å²) in [7, 11) is 1.62. The van der Waals surface area contributed by atoms with E-state index >= 15 is 0 Å². The van der Waals surface area contributed by atoms with Crippen molar-refractivity contribution in [2.24, 2.45) is 5.41 Å². The van der Waals surface area contributed by atoms with Crippen LogP contribution in [0.2, 0.25) is 0 Å². The smallest absolute Gasteiger partial charge is 0.225 e. The lowest BCUT2D eigenvalue weighted by Gasteiger charge is -2.22. The van der Waals surface area contributed by atoms with Gasteiger partial charge in [0, 0.05) is 5.41 Å². The Hall–Kier alpha value is -1.71. The SMILES string of the molecule is COc1ccc(OC[C@H](C)NC(=O)C(C)(C)C)cc1. The first kappa shape index (κ1) is 15.3. The fourth-order valence-corrected chi connectivity index (χ4v) is 1.38. The van der Waals surface area contributed by atoms with Gasteiger partial charge in [0.2, 0.25) is 5.91 Å². The molecule has 0 aromatic heterocycles. The van der Waals surface area contributed by atoms with Crippen LogP contribution in [0.3, 0.4) is 0 Å². The number of carbonyl (C=O) groups is 1. The molecule has 0 spiro atoms. The highest BCUT2D eigenvalue weighted by atomic mass is 16.5. The van der Waals surface area contributed by atoms with Gasteiger partial charge in [0.05, 0.1) is 13.2 Å². The summed E-state index contributed by atoms with van der Waals surface area (Å²) in [6.45, 7) is 8.03. The monoisotopic (exact) mass is 265 g/mol. The normalized spacial score (nSPS) is 12.7. The van der Waals surface area contributed by atoms with Gasteiger partial charge in [0.15, 0.2) is 0 Å². The highest BCUT2D eigenvalue weighted by Gasteiger charge is 2.22. The topological polar surface area (TPSA) is 47.6 Å². The number of rotatable bonds is 5. The van der Waals surface area contributed by atoms with E-state index in [-0.39, 0.29) is 17.4 Å². The van der Waals surface area contributed by atoms with Gasteiger partial charge in [-0.05, 0) is 31.2 Å². The van der Waals surface area contributed by atoms with E-state index in [1.165, 1.54) is 0 Å². The van der Waals surface area contributed by atoms with Gasteiger partial charge >= 0.3 is 0 Å². The van der Waals surface area contributed by atoms with Crippen LogP contribution in [0.15, 0.2) is 24.3 Å². The van der Waals surface area contributed by atoms with E-state index in [9.17, 15) is 4.79 Å². The number of hydrogen-bond acceptors (Lipinski definition) is 3. The number of hydrogen-bond donors (Lipinski definition) is 1. The summed E-state index contributed by atoms with van der Waals surface area (Å²) < 4.78 is 10.7. The predicted molar refractivity (Wildman–Crippen MR) is 75.5 cm³/mol. The van der Waals surface area contributed by atoms with E-state index in [0.717, 1.165) is 11.5 Å². The molecule has 1 aromatic carbocycles. The van der Waals surface area contributed by atoms with Crippen LogP contribution in [-0.4, -0.2) is 25.7 Å². The van der Waals surface area contributed by atoms with E-state index in [1.54, 1.807) is 7.11 Å². The Balaban J connectivity index is 2.41. The van der Waals surface area contributed by atoms with Crippen molar-refractivity contribution in [1.82, 2.24) is 5.32 Å². The van der Waals surface area contributed by atoms with Crippen LogP contribution in [0.4, 0.5) is 0 Å². The molecule has 0 bridgehead atoms. The Kier molecular flexibility index (Phi) is 5.21. The molecule has 4 heteroatoms. The van der Waals surface area contributed by atoms with Crippen molar-refractivity contribution in [3.8, 4) is 11.5 Å². The average Bonchev–Trinajstić information content (AvgIpc) is 2.35. The second kappa shape index (κ2) is 6.45. The molecule has 1 atom stereocenters. The molecular weight excluding hydrogens is 242 g/mol. The number of carbonyl (C=O) groups excluding carboxylic acids is 1. The minimum atomic E-state index is -0.381. The summed E-state index contributed by atoms with van der Waals surface area (Å²) in [5.41, 5.74) is -0.381. The Morgan fingerprint density at radius 1 is 1.21 bits per heavy atom. The molecule has 1 amide bonds. The minimum absolute atomic E-state index is 0.0262. The lowest BCUT2D eigenvalue weighted by atomic mass is 9.95. The van der Waals surface area contributed by atoms with E-state index in [0.29, 0.717) is 6.61 Å². The molecule has 106 valence electrons. The molecule has 0 aliphatic carbocycles. The Labute approximate surface area is 115 Å². The third-order valence-electron chi connectivity index (χ3n) is 2.62. The van der Waals surface area contributed by atoms with Crippen LogP contribution in [0, 0.1) is 5.41 Å². The molecule has 4 nitrogen and oxygen atoms in total. The van der Waals surface area contributed by atoms with E-state index < -0.39 is 0 Å². The highest BCUT2D eigenvalue weighted by molar-refractivity contribution is 5.81. The first-order chi connectivity index (χ1) is 8.82. The summed E-state index contributed by atoms with van der Waals surface area (Å²) in [4.78, 5) is 11.8. The molecule has 0 aliphatic rings. The molecule has 0 saturated carbocycles. The van der Waals surface area contributed by atoms with Crippen molar-refractivity contribution in [3.63, 3.8) is 0 Å². The third kappa shape index (κ3) is 5.20. The number of benzene rings is 1. The van der Waals surface area contributed by atoms with Gasteiger partial charge in [-0.1, -0.05) is 20.8 Å². The van der Waals surface area contributed by atoms with Crippen molar-refractivity contribution in [2.75, 3.05) is 13.7 Å². The van der Waals surface area contributed by atoms with Gasteiger partial charge < -0.3 is 14.8 Å². The fourth-order valence-electron chi connectivity index (χ4n) is 1.38. The number of ether oxygens (including phenoxy) is 2. The van der Waals surface area contributed by atoms with Crippen LogP contribution in [0.25, 0.3) is 0 Å². The Morgan fingerprint density at radius 2 is 1.74 bits per heavy atom. The van der Waals surface area contributed by atoms with E-state index in [4.69, 9.17) is 9.47 Å². The van der Waals surface area contributed by atoms with Crippen LogP contribution in [0.1, 0.15) is 27.7 Å². The van der Waals surface area contributed by atoms with Gasteiger partial charge in [-0.2, -0.15) is 0 Å². The molecule has 0 heterocycles. The second-order valence-electron chi connectivity index (χ2n) is 5.61. The summed E-state index contributed by atoms with van der Waals surface area (Å²) in [5, 5.41) is 2.92. The minimum Gasteiger partial charge on any atom is -0.497 e. The molecule has 1 N–H and O–H groups in total. The lowest BCUT2D eigenvalue weighted by Crippen LogP contribution is -2.42. The van der Waals surface area contributed by atoms with Crippen LogP contribution in [0.5, 0.6) is 11.5 Å². The van der Waals surface area contributed by atoms with E-state index in [2.05, 4.69) is 5.32 Å². The quantitative estimate of drug-likeness (QED) is 0.890. The van der Waals surface area contributed by atoms with Crippen molar-refractivity contribution < 1.29 is 14.3 Å². The largest absolute Gasteiger partial charge is 0.497 e. The summed E-state index contributed by atoms with van der Waals surface area (Å²) in [6, 6.07) is 7.34. The number of methoxy groups -OCH3 is 1. The molecule has 0 aliphatic heterocycles. The second-order valence-corrected chi connectivity index (χ2v) is 5.61. The molecule has 19 heavy (non-hydrogen) atoms. The Bertz CT molecular complexity index is 406. The molecule has 0 saturated heterocycles. The number of amides is 1. The van der Waals surface area contributed by atoms with Crippen LogP contribution < -0.4 is 14.8 Å². The first-order valence-electron chi connectivity index (χ1n) is 6.40. The van der Waals surface area contributed by atoms with Gasteiger partial charge in [-0.3, -0.25) is 4.79 Å². The zero-order valence-corrected chi connectivity index (χ0v) is 12.3. The standard InChI is InChI=1S/C15H23NO3/c1-11(16-14(17)15(2,3)4)10-19-13-8-6-12(18-5)7-9-13/h6-9,11H,10H2,1-5H3,(H,16,17)/t11-/m0/s1. The summed E-state index contributed by atoms with van der Waals surface area (Å²) >= 11 is 0. The predicted octanol–water partition coefficient (Wildman–Crippen LogP) is 2.62. The van der Waals surface area contributed by atoms with Crippen molar-refractivity contribution in [2.45, 2.75) is 33.7 Å². The molecule has 1 aromatic rings. The van der Waals surface area contributed by atoms with Crippen molar-refractivity contribution in [3.05, 3.63) is 24.3 Å². The van der Waals surface area contributed by atoms with E-state index in [1.807, 2.05) is 52.0 Å². The number of nitrogens with one attached hydrogen (secondary N) is 1. The third-order valence-corrected chi connectivity index (χ3v) is 2.62. The van der Waals surface area contributed by atoms with Crippen LogP contribution in [-0.2, 0) is 4.79 Å². The molecular formula is C15H23NO3. The molecule has 0 radical (unpaired) electrons. The van der Waals surface area contributed by atoms with Gasteiger partial charge in [0.1, 0.15) is 18.1 Å². The van der Waals surface area contributed by atoms with Gasteiger partial charge in [0.25, 0.3) is 0 Å². The molecule has 0 unspecified atom stereocenters. The lowest BCUT2D eigenvalue weighted by molar-refractivity contribution is -0.129. The Morgan fingerprint density at radius 3 is 2.21 bits per heavy atom. The fraction of sp³-hybridized carbons (Fsp3) is 0.533. The maximum absolute atomic E-state index is 11.8. The zero-order chi connectivity index (χ0) is 14.5. The van der Waals surface area contributed by atoms with Crippen molar-refractivity contribution in [1.29, 1.82) is 0 Å². The maximum atomic E-state index is 11.8. The highest BCUT2D eigenvalue weighted by Crippen LogP contribution is 2.17. The van der Waals surface area contributed by atoms with Crippen molar-refractivity contribution >= 4 is 5.91 Å². The average molecular weight is 265 g/mol. The van der Waals surface area contributed by atoms with Gasteiger partial charge in [-0.15, -0.1) is 0 Å². The molecule has 1 rings (SSSR count). The zero-order valence-electron chi connectivity index (χ0n) is 12.3. The van der Waals surface area contributed by atoms with Gasteiger partial charge in [-0.25, -0.2) is 0 Å². The summed E-state index contributed by atoms with van der Waals surface area (Å²) in [6.07, 6.45) is 0.